The largest absolute Gasteiger partial charge is 0.343 e. The van der Waals surface area contributed by atoms with Gasteiger partial charge in [-0.3, -0.25) is 4.90 Å². The molecule has 5 nitrogen and oxygen atoms in total. The fourth-order valence-corrected chi connectivity index (χ4v) is 0.766. The van der Waals surface area contributed by atoms with Gasteiger partial charge in [-0.1, -0.05) is 0 Å². The molecular formula is C11H19N3O2. The Hall–Kier alpha value is -1.40. The molecule has 0 saturated carbocycles. The topological polar surface area (TPSA) is 69.3 Å². The van der Waals surface area contributed by atoms with Gasteiger partial charge in [0.05, 0.1) is 0 Å². The predicted octanol–water partition coefficient (Wildman–Crippen LogP) is 1.49. The Bertz CT molecular complexity index is 273. The highest BCUT2D eigenvalue weighted by molar-refractivity contribution is 5.38. The molecule has 0 heterocycles. The summed E-state index contributed by atoms with van der Waals surface area (Å²) in [6.07, 6.45) is -0.213. The van der Waals surface area contributed by atoms with E-state index in [1.165, 1.54) is 0 Å². The highest BCUT2D eigenvalue weighted by Gasteiger charge is 2.04. The standard InChI is InChI=1S/C6H6N2.C5H13NO2/c1-5(2)6(3-7)4-8;1-6(2)5(7-3)8-4/h1-2H3;5H,1-4H3. The Morgan fingerprint density at radius 1 is 1.06 bits per heavy atom. The first-order chi connectivity index (χ1) is 7.44. The number of nitrogens with zero attached hydrogens (tertiary/aromatic N) is 3. The molecule has 0 aromatic heterocycles. The molecule has 0 aromatic carbocycles. The molecule has 0 aromatic rings. The van der Waals surface area contributed by atoms with E-state index in [0.717, 1.165) is 5.57 Å². The van der Waals surface area contributed by atoms with E-state index in [1.807, 2.05) is 19.0 Å². The first-order valence-corrected chi connectivity index (χ1v) is 4.64. The molecule has 0 atom stereocenters. The molecule has 0 rings (SSSR count). The average molecular weight is 225 g/mol. The van der Waals surface area contributed by atoms with Crippen LogP contribution in [0.5, 0.6) is 0 Å². The van der Waals surface area contributed by atoms with Crippen molar-refractivity contribution in [2.24, 2.45) is 0 Å². The van der Waals surface area contributed by atoms with Crippen molar-refractivity contribution in [3.63, 3.8) is 0 Å². The van der Waals surface area contributed by atoms with E-state index >= 15 is 0 Å². The van der Waals surface area contributed by atoms with Gasteiger partial charge < -0.3 is 9.47 Å². The molecule has 0 aliphatic carbocycles. The Morgan fingerprint density at radius 3 is 1.44 bits per heavy atom. The molecule has 0 unspecified atom stereocenters. The molecule has 0 saturated heterocycles. The van der Waals surface area contributed by atoms with Crippen molar-refractivity contribution in [2.45, 2.75) is 20.3 Å². The summed E-state index contributed by atoms with van der Waals surface area (Å²) >= 11 is 0. The number of hydrogen-bond donors (Lipinski definition) is 0. The summed E-state index contributed by atoms with van der Waals surface area (Å²) in [4.78, 5) is 1.83. The van der Waals surface area contributed by atoms with E-state index in [4.69, 9.17) is 20.0 Å². The van der Waals surface area contributed by atoms with Crippen LogP contribution in [-0.2, 0) is 9.47 Å². The van der Waals surface area contributed by atoms with Crippen LogP contribution < -0.4 is 0 Å². The molecule has 0 spiro atoms. The predicted molar refractivity (Wildman–Crippen MR) is 61.1 cm³/mol. The number of nitriles is 2. The van der Waals surface area contributed by atoms with Crippen molar-refractivity contribution in [3.05, 3.63) is 11.1 Å². The van der Waals surface area contributed by atoms with Crippen LogP contribution in [0.15, 0.2) is 11.1 Å². The van der Waals surface area contributed by atoms with Gasteiger partial charge in [0.1, 0.15) is 17.7 Å². The van der Waals surface area contributed by atoms with Crippen LogP contribution in [-0.4, -0.2) is 39.6 Å². The molecule has 16 heavy (non-hydrogen) atoms. The first kappa shape index (κ1) is 17.0. The molecule has 0 aliphatic heterocycles. The zero-order valence-electron chi connectivity index (χ0n) is 10.7. The maximum Gasteiger partial charge on any atom is 0.217 e. The van der Waals surface area contributed by atoms with E-state index < -0.39 is 0 Å². The number of rotatable bonds is 3. The fourth-order valence-electron chi connectivity index (χ4n) is 0.766. The third kappa shape index (κ3) is 7.95. The summed E-state index contributed by atoms with van der Waals surface area (Å²) in [7, 11) is 6.98. The van der Waals surface area contributed by atoms with Gasteiger partial charge in [0.25, 0.3) is 0 Å². The van der Waals surface area contributed by atoms with Gasteiger partial charge >= 0.3 is 0 Å². The van der Waals surface area contributed by atoms with Gasteiger partial charge in [-0.2, -0.15) is 10.5 Å². The van der Waals surface area contributed by atoms with Crippen molar-refractivity contribution < 1.29 is 9.47 Å². The lowest BCUT2D eigenvalue weighted by atomic mass is 10.2. The van der Waals surface area contributed by atoms with Crippen molar-refractivity contribution in [1.29, 1.82) is 10.5 Å². The smallest absolute Gasteiger partial charge is 0.217 e. The monoisotopic (exact) mass is 225 g/mol. The minimum absolute atomic E-state index is 0.213. The fraction of sp³-hybridized carbons (Fsp3) is 0.636. The quantitative estimate of drug-likeness (QED) is 0.537. The number of hydrogen-bond acceptors (Lipinski definition) is 5. The van der Waals surface area contributed by atoms with Gasteiger partial charge in [0, 0.05) is 14.2 Å². The Kier molecular flexibility index (Phi) is 10.8. The lowest BCUT2D eigenvalue weighted by Crippen LogP contribution is -2.30. The molecule has 0 amide bonds. The summed E-state index contributed by atoms with van der Waals surface area (Å²) in [6, 6.07) is 3.54. The summed E-state index contributed by atoms with van der Waals surface area (Å²) < 4.78 is 9.73. The van der Waals surface area contributed by atoms with Crippen molar-refractivity contribution in [3.8, 4) is 12.1 Å². The third-order valence-corrected chi connectivity index (χ3v) is 1.55. The van der Waals surface area contributed by atoms with Crippen molar-refractivity contribution in [2.75, 3.05) is 28.3 Å². The van der Waals surface area contributed by atoms with Gasteiger partial charge in [-0.15, -0.1) is 0 Å². The lowest BCUT2D eigenvalue weighted by Gasteiger charge is -2.19. The zero-order valence-corrected chi connectivity index (χ0v) is 10.7. The number of ether oxygens (including phenoxy) is 2. The minimum atomic E-state index is -0.213. The Balaban J connectivity index is 0. The van der Waals surface area contributed by atoms with Crippen LogP contribution in [0, 0.1) is 22.7 Å². The van der Waals surface area contributed by atoms with Crippen LogP contribution >= 0.6 is 0 Å². The molecule has 0 radical (unpaired) electrons. The van der Waals surface area contributed by atoms with E-state index in [9.17, 15) is 0 Å². The van der Waals surface area contributed by atoms with Crippen LogP contribution in [0.25, 0.3) is 0 Å². The minimum Gasteiger partial charge on any atom is -0.343 e. The number of allylic oxidation sites excluding steroid dienone is 2. The van der Waals surface area contributed by atoms with Crippen LogP contribution in [0.1, 0.15) is 13.8 Å². The second kappa shape index (κ2) is 10.1. The maximum absolute atomic E-state index is 8.17. The second-order valence-corrected chi connectivity index (χ2v) is 3.34. The lowest BCUT2D eigenvalue weighted by molar-refractivity contribution is -0.179. The summed E-state index contributed by atoms with van der Waals surface area (Å²) in [5.74, 6) is 0. The van der Waals surface area contributed by atoms with E-state index in [-0.39, 0.29) is 12.0 Å². The SMILES string of the molecule is CC(C)=C(C#N)C#N.COC(OC)N(C)C. The molecule has 90 valence electrons. The molecule has 0 N–H and O–H groups in total. The highest BCUT2D eigenvalue weighted by atomic mass is 16.7. The van der Waals surface area contributed by atoms with Crippen LogP contribution in [0.4, 0.5) is 0 Å². The normalized spacial score (nSPS) is 8.88. The zero-order chi connectivity index (χ0) is 13.1. The number of methoxy groups -OCH3 is 2. The second-order valence-electron chi connectivity index (χ2n) is 3.34. The Morgan fingerprint density at radius 2 is 1.44 bits per heavy atom. The Labute approximate surface area is 97.5 Å². The summed E-state index contributed by atoms with van der Waals surface area (Å²) in [5, 5.41) is 16.3. The first-order valence-electron chi connectivity index (χ1n) is 4.64. The van der Waals surface area contributed by atoms with Gasteiger partial charge in [0.2, 0.25) is 6.41 Å². The third-order valence-electron chi connectivity index (χ3n) is 1.55. The maximum atomic E-state index is 8.17. The van der Waals surface area contributed by atoms with Crippen LogP contribution in [0.2, 0.25) is 0 Å². The van der Waals surface area contributed by atoms with Gasteiger partial charge in [0.15, 0.2) is 0 Å². The average Bonchev–Trinajstić information content (AvgIpc) is 2.21. The van der Waals surface area contributed by atoms with Gasteiger partial charge in [-0.05, 0) is 33.5 Å². The van der Waals surface area contributed by atoms with E-state index in [1.54, 1.807) is 40.2 Å². The molecule has 0 aliphatic rings. The van der Waals surface area contributed by atoms with E-state index in [2.05, 4.69) is 0 Å². The van der Waals surface area contributed by atoms with E-state index in [0.29, 0.717) is 0 Å². The highest BCUT2D eigenvalue weighted by Crippen LogP contribution is 1.97. The van der Waals surface area contributed by atoms with Crippen molar-refractivity contribution >= 4 is 0 Å². The van der Waals surface area contributed by atoms with Crippen molar-refractivity contribution in [1.82, 2.24) is 4.90 Å². The molecule has 0 fully saturated rings. The molecular weight excluding hydrogens is 206 g/mol. The summed E-state index contributed by atoms with van der Waals surface area (Å²) in [6.45, 7) is 3.48. The summed E-state index contributed by atoms with van der Waals surface area (Å²) in [5.41, 5.74) is 0.986. The van der Waals surface area contributed by atoms with Crippen LogP contribution in [0.3, 0.4) is 0 Å². The molecule has 5 heteroatoms. The van der Waals surface area contributed by atoms with Gasteiger partial charge in [-0.25, -0.2) is 0 Å². The molecule has 0 bridgehead atoms.